The van der Waals surface area contributed by atoms with Crippen LogP contribution < -0.4 is 15.4 Å². The van der Waals surface area contributed by atoms with Crippen molar-refractivity contribution in [2.24, 2.45) is 4.99 Å². The first-order valence-corrected chi connectivity index (χ1v) is 8.89. The zero-order valence-electron chi connectivity index (χ0n) is 14.6. The van der Waals surface area contributed by atoms with Gasteiger partial charge in [0.2, 0.25) is 11.8 Å². The maximum Gasteiger partial charge on any atom is 0.271 e. The molecule has 1 aliphatic heterocycles. The van der Waals surface area contributed by atoms with Crippen LogP contribution in [0, 0.1) is 10.1 Å². The molecular weight excluding hydrogens is 360 g/mol. The van der Waals surface area contributed by atoms with Crippen molar-refractivity contribution >= 4 is 40.1 Å². The standard InChI is InChI=1S/C16H20N4O5S/c1-4-9(2)17-16-19-15(22)13(26-16)8-14(21)18-11-7-10(20(23)24)5-6-12(11)25-3/h5-7,9,13H,4,8H2,1-3H3,(H,18,21)(H,17,19,22)/t9-,13-/m1/s1. The van der Waals surface area contributed by atoms with Crippen LogP contribution in [-0.4, -0.2) is 40.3 Å². The number of nitrogens with zero attached hydrogens (tertiary/aromatic N) is 2. The fraction of sp³-hybridized carbons (Fsp3) is 0.438. The van der Waals surface area contributed by atoms with Crippen LogP contribution in [0.4, 0.5) is 11.4 Å². The Balaban J connectivity index is 2.05. The molecule has 140 valence electrons. The highest BCUT2D eigenvalue weighted by Gasteiger charge is 2.32. The Morgan fingerprint density at radius 2 is 2.27 bits per heavy atom. The number of nitro groups is 1. The van der Waals surface area contributed by atoms with Crippen LogP contribution in [0.25, 0.3) is 0 Å². The topological polar surface area (TPSA) is 123 Å². The molecule has 0 saturated carbocycles. The molecule has 1 saturated heterocycles. The van der Waals surface area contributed by atoms with Gasteiger partial charge in [-0.2, -0.15) is 0 Å². The molecule has 1 aliphatic rings. The number of nitro benzene ring substituents is 1. The Kier molecular flexibility index (Phi) is 6.56. The number of non-ortho nitro benzene ring substituents is 1. The van der Waals surface area contributed by atoms with E-state index < -0.39 is 16.1 Å². The number of anilines is 1. The van der Waals surface area contributed by atoms with Gasteiger partial charge in [0.15, 0.2) is 5.17 Å². The number of hydrogen-bond acceptors (Lipinski definition) is 7. The van der Waals surface area contributed by atoms with E-state index >= 15 is 0 Å². The van der Waals surface area contributed by atoms with E-state index in [2.05, 4.69) is 15.6 Å². The number of methoxy groups -OCH3 is 1. The first-order valence-electron chi connectivity index (χ1n) is 8.01. The summed E-state index contributed by atoms with van der Waals surface area (Å²) in [6, 6.07) is 3.99. The van der Waals surface area contributed by atoms with Crippen LogP contribution in [0.2, 0.25) is 0 Å². The van der Waals surface area contributed by atoms with E-state index in [0.29, 0.717) is 10.9 Å². The van der Waals surface area contributed by atoms with Gasteiger partial charge < -0.3 is 15.4 Å². The molecule has 0 radical (unpaired) electrons. The highest BCUT2D eigenvalue weighted by atomic mass is 32.2. The van der Waals surface area contributed by atoms with E-state index in [-0.39, 0.29) is 29.7 Å². The Hall–Kier alpha value is -2.62. The number of hydrogen-bond donors (Lipinski definition) is 2. The number of rotatable bonds is 7. The maximum absolute atomic E-state index is 12.3. The van der Waals surface area contributed by atoms with E-state index in [0.717, 1.165) is 6.42 Å². The number of benzene rings is 1. The van der Waals surface area contributed by atoms with Crippen LogP contribution in [-0.2, 0) is 9.59 Å². The number of thioether (sulfide) groups is 1. The average Bonchev–Trinajstić information content (AvgIpc) is 2.93. The molecule has 1 fully saturated rings. The molecule has 2 N–H and O–H groups in total. The lowest BCUT2D eigenvalue weighted by molar-refractivity contribution is -0.384. The fourth-order valence-electron chi connectivity index (χ4n) is 2.17. The van der Waals surface area contributed by atoms with Gasteiger partial charge in [-0.05, 0) is 19.4 Å². The largest absolute Gasteiger partial charge is 0.495 e. The zero-order chi connectivity index (χ0) is 19.3. The number of nitrogens with one attached hydrogen (secondary N) is 2. The average molecular weight is 380 g/mol. The third-order valence-electron chi connectivity index (χ3n) is 3.74. The van der Waals surface area contributed by atoms with Crippen molar-refractivity contribution in [3.05, 3.63) is 28.3 Å². The number of ether oxygens (including phenoxy) is 1. The Labute approximate surface area is 154 Å². The second-order valence-electron chi connectivity index (χ2n) is 5.68. The summed E-state index contributed by atoms with van der Waals surface area (Å²) < 4.78 is 5.10. The molecule has 0 spiro atoms. The van der Waals surface area contributed by atoms with Gasteiger partial charge in [0.05, 0.1) is 17.7 Å². The first-order chi connectivity index (χ1) is 12.3. The minimum atomic E-state index is -0.595. The summed E-state index contributed by atoms with van der Waals surface area (Å²) in [7, 11) is 1.40. The minimum absolute atomic E-state index is 0.0815. The van der Waals surface area contributed by atoms with Gasteiger partial charge in [0.1, 0.15) is 11.0 Å². The number of aliphatic imine (C=N–C) groups is 1. The van der Waals surface area contributed by atoms with Crippen molar-refractivity contribution in [1.29, 1.82) is 0 Å². The van der Waals surface area contributed by atoms with Gasteiger partial charge in [-0.15, -0.1) is 0 Å². The third-order valence-corrected chi connectivity index (χ3v) is 4.84. The second-order valence-corrected chi connectivity index (χ2v) is 6.87. The van der Waals surface area contributed by atoms with Gasteiger partial charge in [-0.25, -0.2) is 0 Å². The van der Waals surface area contributed by atoms with Crippen molar-refractivity contribution < 1.29 is 19.2 Å². The molecule has 0 aromatic heterocycles. The highest BCUT2D eigenvalue weighted by Crippen LogP contribution is 2.30. The Bertz CT molecular complexity index is 752. The summed E-state index contributed by atoms with van der Waals surface area (Å²) in [5, 5.41) is 16.0. The van der Waals surface area contributed by atoms with Crippen molar-refractivity contribution in [2.75, 3.05) is 12.4 Å². The molecule has 10 heteroatoms. The summed E-state index contributed by atoms with van der Waals surface area (Å²) >= 11 is 1.21. The molecule has 0 aliphatic carbocycles. The van der Waals surface area contributed by atoms with Crippen molar-refractivity contribution in [3.8, 4) is 5.75 Å². The summed E-state index contributed by atoms with van der Waals surface area (Å²) in [6.07, 6.45) is 0.763. The molecule has 2 atom stereocenters. The third kappa shape index (κ3) is 4.94. The van der Waals surface area contributed by atoms with Gasteiger partial charge in [0, 0.05) is 24.6 Å². The lowest BCUT2D eigenvalue weighted by Gasteiger charge is -2.11. The maximum atomic E-state index is 12.3. The molecule has 0 bridgehead atoms. The number of carbonyl (C=O) groups excluding carboxylic acids is 2. The first kappa shape index (κ1) is 19.7. The van der Waals surface area contributed by atoms with Gasteiger partial charge in [-0.1, -0.05) is 18.7 Å². The summed E-state index contributed by atoms with van der Waals surface area (Å²) in [6.45, 7) is 3.93. The predicted molar refractivity (Wildman–Crippen MR) is 99.6 cm³/mol. The van der Waals surface area contributed by atoms with Crippen molar-refractivity contribution in [1.82, 2.24) is 5.32 Å². The molecule has 0 unspecified atom stereocenters. The molecule has 2 rings (SSSR count). The van der Waals surface area contributed by atoms with E-state index in [1.54, 1.807) is 0 Å². The van der Waals surface area contributed by atoms with Crippen LogP contribution >= 0.6 is 11.8 Å². The predicted octanol–water partition coefficient (Wildman–Crippen LogP) is 2.32. The number of amides is 2. The van der Waals surface area contributed by atoms with Crippen molar-refractivity contribution in [3.63, 3.8) is 0 Å². The van der Waals surface area contributed by atoms with E-state index in [1.807, 2.05) is 13.8 Å². The summed E-state index contributed by atoms with van der Waals surface area (Å²) in [4.78, 5) is 39.0. The van der Waals surface area contributed by atoms with E-state index in [1.165, 1.54) is 37.1 Å². The quantitative estimate of drug-likeness (QED) is 0.553. The Morgan fingerprint density at radius 1 is 1.54 bits per heavy atom. The lowest BCUT2D eigenvalue weighted by Crippen LogP contribution is -2.28. The van der Waals surface area contributed by atoms with Crippen LogP contribution in [0.5, 0.6) is 5.75 Å². The summed E-state index contributed by atoms with van der Waals surface area (Å²) in [5.41, 5.74) is 0.0145. The fourth-order valence-corrected chi connectivity index (χ4v) is 3.24. The normalized spacial score (nSPS) is 19.1. The second kappa shape index (κ2) is 8.65. The monoisotopic (exact) mass is 380 g/mol. The Morgan fingerprint density at radius 3 is 2.88 bits per heavy atom. The van der Waals surface area contributed by atoms with Crippen molar-refractivity contribution in [2.45, 2.75) is 38.0 Å². The van der Waals surface area contributed by atoms with E-state index in [9.17, 15) is 19.7 Å². The SMILES string of the molecule is CC[C@@H](C)N=C1NC(=O)[C@@H](CC(=O)Nc2cc([N+](=O)[O-])ccc2OC)S1. The molecule has 1 aromatic carbocycles. The molecule has 26 heavy (non-hydrogen) atoms. The van der Waals surface area contributed by atoms with Crippen LogP contribution in [0.1, 0.15) is 26.7 Å². The molecule has 9 nitrogen and oxygen atoms in total. The van der Waals surface area contributed by atoms with Crippen LogP contribution in [0.3, 0.4) is 0 Å². The van der Waals surface area contributed by atoms with Gasteiger partial charge in [0.25, 0.3) is 5.69 Å². The zero-order valence-corrected chi connectivity index (χ0v) is 15.5. The van der Waals surface area contributed by atoms with Gasteiger partial charge >= 0.3 is 0 Å². The molecular formula is C16H20N4O5S. The van der Waals surface area contributed by atoms with Gasteiger partial charge in [-0.3, -0.25) is 24.7 Å². The summed E-state index contributed by atoms with van der Waals surface area (Å²) in [5.74, 6) is -0.425. The highest BCUT2D eigenvalue weighted by molar-refractivity contribution is 8.15. The number of carbonyl (C=O) groups is 2. The molecule has 1 heterocycles. The molecule has 2 amide bonds. The lowest BCUT2D eigenvalue weighted by atomic mass is 10.2. The minimum Gasteiger partial charge on any atom is -0.495 e. The van der Waals surface area contributed by atoms with Crippen LogP contribution in [0.15, 0.2) is 23.2 Å². The van der Waals surface area contributed by atoms with E-state index in [4.69, 9.17) is 4.74 Å². The number of amidine groups is 1. The molecule has 1 aromatic rings. The smallest absolute Gasteiger partial charge is 0.271 e.